The van der Waals surface area contributed by atoms with Crippen LogP contribution in [0.4, 0.5) is 0 Å². The summed E-state index contributed by atoms with van der Waals surface area (Å²) in [5.74, 6) is 0.157. The topological polar surface area (TPSA) is 35.5 Å². The van der Waals surface area contributed by atoms with E-state index >= 15 is 0 Å². The van der Waals surface area contributed by atoms with E-state index in [9.17, 15) is 5.11 Å². The molecule has 0 radical (unpaired) electrons. The zero-order valence-electron chi connectivity index (χ0n) is 11.1. The van der Waals surface area contributed by atoms with Crippen molar-refractivity contribution in [2.45, 2.75) is 44.3 Å². The largest absolute Gasteiger partial charge is 0.506 e. The summed E-state index contributed by atoms with van der Waals surface area (Å²) >= 11 is 5.92. The Morgan fingerprint density at radius 2 is 2.21 bits per heavy atom. The van der Waals surface area contributed by atoms with E-state index in [4.69, 9.17) is 11.6 Å². The molecule has 2 N–H and O–H groups in total. The third-order valence-corrected chi connectivity index (χ3v) is 4.73. The standard InChI is InChI=1S/C15H21ClN2O/c16-14-8-11(3-4-15(14)19)10-17-12-5-7-18-6-1-2-13(18)9-12/h3-4,8,12-13,17,19H,1-2,5-7,9-10H2. The quantitative estimate of drug-likeness (QED) is 0.894. The first kappa shape index (κ1) is 13.2. The van der Waals surface area contributed by atoms with Gasteiger partial charge in [0.25, 0.3) is 0 Å². The third-order valence-electron chi connectivity index (χ3n) is 4.43. The lowest BCUT2D eigenvalue weighted by atomic mass is 9.97. The first-order valence-corrected chi connectivity index (χ1v) is 7.55. The lowest BCUT2D eigenvalue weighted by Crippen LogP contribution is -2.45. The van der Waals surface area contributed by atoms with Gasteiger partial charge in [0.1, 0.15) is 5.75 Å². The molecule has 1 aromatic carbocycles. The highest BCUT2D eigenvalue weighted by Gasteiger charge is 2.31. The van der Waals surface area contributed by atoms with Crippen LogP contribution in [0.15, 0.2) is 18.2 Å². The van der Waals surface area contributed by atoms with E-state index < -0.39 is 0 Å². The van der Waals surface area contributed by atoms with Crippen molar-refractivity contribution in [3.63, 3.8) is 0 Å². The Bertz CT molecular complexity index is 452. The zero-order valence-corrected chi connectivity index (χ0v) is 11.9. The lowest BCUT2D eigenvalue weighted by Gasteiger charge is -2.35. The van der Waals surface area contributed by atoms with Gasteiger partial charge in [-0.15, -0.1) is 0 Å². The predicted molar refractivity (Wildman–Crippen MR) is 77.6 cm³/mol. The van der Waals surface area contributed by atoms with Crippen molar-refractivity contribution in [3.05, 3.63) is 28.8 Å². The van der Waals surface area contributed by atoms with Crippen LogP contribution in [0.3, 0.4) is 0 Å². The van der Waals surface area contributed by atoms with E-state index in [-0.39, 0.29) is 5.75 Å². The molecule has 2 saturated heterocycles. The number of phenolic OH excluding ortho intramolecular Hbond substituents is 1. The van der Waals surface area contributed by atoms with Crippen molar-refractivity contribution in [1.29, 1.82) is 0 Å². The molecule has 0 amide bonds. The zero-order chi connectivity index (χ0) is 13.2. The molecule has 0 aromatic heterocycles. The highest BCUT2D eigenvalue weighted by Crippen LogP contribution is 2.27. The number of nitrogens with one attached hydrogen (secondary N) is 1. The Labute approximate surface area is 119 Å². The van der Waals surface area contributed by atoms with Gasteiger partial charge in [-0.25, -0.2) is 0 Å². The van der Waals surface area contributed by atoms with Gasteiger partial charge in [-0.3, -0.25) is 0 Å². The summed E-state index contributed by atoms with van der Waals surface area (Å²) in [6, 6.07) is 6.86. The van der Waals surface area contributed by atoms with E-state index in [1.807, 2.05) is 12.1 Å². The van der Waals surface area contributed by atoms with Crippen LogP contribution in [0.25, 0.3) is 0 Å². The lowest BCUT2D eigenvalue weighted by molar-refractivity contribution is 0.166. The number of hydrogen-bond acceptors (Lipinski definition) is 3. The Kier molecular flexibility index (Phi) is 3.96. The molecule has 2 heterocycles. The van der Waals surface area contributed by atoms with Gasteiger partial charge in [-0.2, -0.15) is 0 Å². The van der Waals surface area contributed by atoms with Gasteiger partial charge in [0.2, 0.25) is 0 Å². The number of phenols is 1. The summed E-state index contributed by atoms with van der Waals surface area (Å²) < 4.78 is 0. The molecule has 2 aliphatic rings. The number of aromatic hydroxyl groups is 1. The molecule has 0 saturated carbocycles. The van der Waals surface area contributed by atoms with Gasteiger partial charge in [-0.1, -0.05) is 17.7 Å². The molecule has 4 heteroatoms. The maximum Gasteiger partial charge on any atom is 0.134 e. The molecule has 0 bridgehead atoms. The molecule has 1 aromatic rings. The number of nitrogens with zero attached hydrogens (tertiary/aromatic N) is 1. The van der Waals surface area contributed by atoms with Gasteiger partial charge in [0, 0.05) is 18.6 Å². The van der Waals surface area contributed by atoms with Crippen LogP contribution in [-0.2, 0) is 6.54 Å². The molecular weight excluding hydrogens is 260 g/mol. The Morgan fingerprint density at radius 1 is 1.32 bits per heavy atom. The number of hydrogen-bond donors (Lipinski definition) is 2. The fraction of sp³-hybridized carbons (Fsp3) is 0.600. The maximum atomic E-state index is 9.41. The first-order valence-electron chi connectivity index (χ1n) is 7.17. The van der Waals surface area contributed by atoms with Crippen molar-refractivity contribution in [3.8, 4) is 5.75 Å². The average Bonchev–Trinajstić information content (AvgIpc) is 2.87. The van der Waals surface area contributed by atoms with E-state index in [0.29, 0.717) is 11.1 Å². The fourth-order valence-electron chi connectivity index (χ4n) is 3.33. The molecular formula is C15H21ClN2O. The highest BCUT2D eigenvalue weighted by molar-refractivity contribution is 6.32. The number of fused-ring (bicyclic) bond motifs is 1. The molecule has 3 rings (SSSR count). The van der Waals surface area contributed by atoms with Gasteiger partial charge in [0.05, 0.1) is 5.02 Å². The SMILES string of the molecule is Oc1ccc(CNC2CCN3CCCC3C2)cc1Cl. The third kappa shape index (κ3) is 3.04. The molecule has 2 fully saturated rings. The number of benzene rings is 1. The Balaban J connectivity index is 1.53. The minimum absolute atomic E-state index is 0.157. The van der Waals surface area contributed by atoms with Gasteiger partial charge < -0.3 is 15.3 Å². The van der Waals surface area contributed by atoms with E-state index in [2.05, 4.69) is 10.2 Å². The molecule has 0 spiro atoms. The number of rotatable bonds is 3. The molecule has 104 valence electrons. The molecule has 2 unspecified atom stereocenters. The van der Waals surface area contributed by atoms with Crippen LogP contribution >= 0.6 is 11.6 Å². The molecule has 2 aliphatic heterocycles. The van der Waals surface area contributed by atoms with Gasteiger partial charge >= 0.3 is 0 Å². The Morgan fingerprint density at radius 3 is 3.05 bits per heavy atom. The van der Waals surface area contributed by atoms with Crippen molar-refractivity contribution >= 4 is 11.6 Å². The minimum atomic E-state index is 0.157. The summed E-state index contributed by atoms with van der Waals surface area (Å²) in [6.07, 6.45) is 5.24. The number of piperidine rings is 1. The van der Waals surface area contributed by atoms with Crippen LogP contribution in [0.1, 0.15) is 31.2 Å². The summed E-state index contributed by atoms with van der Waals surface area (Å²) in [7, 11) is 0. The van der Waals surface area contributed by atoms with Crippen LogP contribution in [0, 0.1) is 0 Å². The molecule has 19 heavy (non-hydrogen) atoms. The normalized spacial score (nSPS) is 27.4. The van der Waals surface area contributed by atoms with Crippen molar-refractivity contribution in [2.24, 2.45) is 0 Å². The first-order chi connectivity index (χ1) is 9.22. The van der Waals surface area contributed by atoms with Crippen molar-refractivity contribution < 1.29 is 5.11 Å². The molecule has 3 nitrogen and oxygen atoms in total. The van der Waals surface area contributed by atoms with Gasteiger partial charge in [-0.05, 0) is 56.5 Å². The smallest absolute Gasteiger partial charge is 0.134 e. The fourth-order valence-corrected chi connectivity index (χ4v) is 3.54. The minimum Gasteiger partial charge on any atom is -0.506 e. The van der Waals surface area contributed by atoms with Crippen LogP contribution in [-0.4, -0.2) is 35.2 Å². The summed E-state index contributed by atoms with van der Waals surface area (Å²) in [4.78, 5) is 2.63. The second-order valence-electron chi connectivity index (χ2n) is 5.72. The summed E-state index contributed by atoms with van der Waals surface area (Å²) in [6.45, 7) is 3.36. The average molecular weight is 281 g/mol. The predicted octanol–water partition coefficient (Wildman–Crippen LogP) is 2.76. The van der Waals surface area contributed by atoms with E-state index in [0.717, 1.165) is 18.2 Å². The second-order valence-corrected chi connectivity index (χ2v) is 6.13. The van der Waals surface area contributed by atoms with Crippen molar-refractivity contribution in [1.82, 2.24) is 10.2 Å². The summed E-state index contributed by atoms with van der Waals surface area (Å²) in [5.41, 5.74) is 1.14. The molecule has 0 aliphatic carbocycles. The Hall–Kier alpha value is -0.770. The summed E-state index contributed by atoms with van der Waals surface area (Å²) in [5, 5.41) is 13.5. The van der Waals surface area contributed by atoms with Crippen LogP contribution < -0.4 is 5.32 Å². The maximum absolute atomic E-state index is 9.41. The van der Waals surface area contributed by atoms with Crippen molar-refractivity contribution in [2.75, 3.05) is 13.1 Å². The van der Waals surface area contributed by atoms with E-state index in [1.165, 1.54) is 38.8 Å². The van der Waals surface area contributed by atoms with Crippen LogP contribution in [0.5, 0.6) is 5.75 Å². The monoisotopic (exact) mass is 280 g/mol. The molecule has 2 atom stereocenters. The second kappa shape index (κ2) is 5.70. The number of halogens is 1. The van der Waals surface area contributed by atoms with E-state index in [1.54, 1.807) is 6.07 Å². The highest BCUT2D eigenvalue weighted by atomic mass is 35.5. The van der Waals surface area contributed by atoms with Gasteiger partial charge in [0.15, 0.2) is 0 Å². The van der Waals surface area contributed by atoms with Crippen LogP contribution in [0.2, 0.25) is 5.02 Å².